The summed E-state index contributed by atoms with van der Waals surface area (Å²) in [5.41, 5.74) is 2.13. The maximum Gasteiger partial charge on any atom is 0.122 e. The van der Waals surface area contributed by atoms with Gasteiger partial charge in [-0.25, -0.2) is 0 Å². The summed E-state index contributed by atoms with van der Waals surface area (Å²) in [6.45, 7) is 8.55. The lowest BCUT2D eigenvalue weighted by Crippen LogP contribution is -2.36. The van der Waals surface area contributed by atoms with Crippen LogP contribution in [0.1, 0.15) is 31.2 Å². The van der Waals surface area contributed by atoms with Crippen molar-refractivity contribution in [2.45, 2.75) is 39.3 Å². The van der Waals surface area contributed by atoms with Gasteiger partial charge in [0.05, 0.1) is 12.8 Å². The minimum atomic E-state index is 0.606. The molecule has 1 aliphatic rings. The summed E-state index contributed by atoms with van der Waals surface area (Å²) >= 11 is 0. The van der Waals surface area contributed by atoms with E-state index in [1.54, 1.807) is 7.11 Å². The predicted octanol–water partition coefficient (Wildman–Crippen LogP) is 1.97. The van der Waals surface area contributed by atoms with Crippen LogP contribution in [0.15, 0.2) is 12.1 Å². The van der Waals surface area contributed by atoms with Crippen molar-refractivity contribution in [3.8, 4) is 5.75 Å². The zero-order chi connectivity index (χ0) is 13.7. The highest BCUT2D eigenvalue weighted by Crippen LogP contribution is 2.15. The van der Waals surface area contributed by atoms with E-state index in [1.807, 2.05) is 19.1 Å². The molecule has 4 nitrogen and oxygen atoms in total. The first-order valence-electron chi connectivity index (χ1n) is 7.18. The average Bonchev–Trinajstić information content (AvgIpc) is 2.63. The number of rotatable bonds is 4. The smallest absolute Gasteiger partial charge is 0.122 e. The summed E-state index contributed by atoms with van der Waals surface area (Å²) in [4.78, 5) is 7.11. The number of hydrogen-bond acceptors (Lipinski definition) is 4. The van der Waals surface area contributed by atoms with E-state index < -0.39 is 0 Å². The lowest BCUT2D eigenvalue weighted by Gasteiger charge is -2.23. The van der Waals surface area contributed by atoms with Gasteiger partial charge in [-0.1, -0.05) is 6.92 Å². The predicted molar refractivity (Wildman–Crippen MR) is 77.5 cm³/mol. The standard InChI is InChI=1S/C15H25N3O/c1-4-13-10-18(7-5-6-16-13)11-14-9-15(19-3)8-12(2)17-14/h8-9,13,16H,4-7,10-11H2,1-3H3. The Morgan fingerprint density at radius 1 is 1.47 bits per heavy atom. The molecule has 2 heterocycles. The Morgan fingerprint density at radius 2 is 2.32 bits per heavy atom. The normalized spacial score (nSPS) is 21.1. The Bertz CT molecular complexity index is 408. The summed E-state index contributed by atoms with van der Waals surface area (Å²) < 4.78 is 5.32. The fourth-order valence-corrected chi connectivity index (χ4v) is 2.62. The van der Waals surface area contributed by atoms with Crippen molar-refractivity contribution >= 4 is 0 Å². The van der Waals surface area contributed by atoms with E-state index in [2.05, 4.69) is 22.1 Å². The fourth-order valence-electron chi connectivity index (χ4n) is 2.62. The summed E-state index contributed by atoms with van der Waals surface area (Å²) in [6.07, 6.45) is 2.39. The molecule has 1 saturated heterocycles. The second kappa shape index (κ2) is 6.87. The number of pyridine rings is 1. The molecule has 1 N–H and O–H groups in total. The molecule has 0 aromatic carbocycles. The van der Waals surface area contributed by atoms with Crippen LogP contribution in [-0.2, 0) is 6.54 Å². The van der Waals surface area contributed by atoms with Crippen molar-refractivity contribution in [2.24, 2.45) is 0 Å². The van der Waals surface area contributed by atoms with Crippen LogP contribution in [0.25, 0.3) is 0 Å². The molecule has 0 bridgehead atoms. The zero-order valence-electron chi connectivity index (χ0n) is 12.3. The Hall–Kier alpha value is -1.13. The molecule has 1 fully saturated rings. The maximum absolute atomic E-state index is 5.32. The van der Waals surface area contributed by atoms with Crippen LogP contribution in [0.2, 0.25) is 0 Å². The third-order valence-electron chi connectivity index (χ3n) is 3.66. The molecule has 1 unspecified atom stereocenters. The molecule has 1 aromatic heterocycles. The lowest BCUT2D eigenvalue weighted by molar-refractivity contribution is 0.254. The summed E-state index contributed by atoms with van der Waals surface area (Å²) in [5, 5.41) is 3.59. The van der Waals surface area contributed by atoms with Gasteiger partial charge in [-0.15, -0.1) is 0 Å². The molecule has 1 atom stereocenters. The first kappa shape index (κ1) is 14.3. The van der Waals surface area contributed by atoms with Crippen molar-refractivity contribution in [2.75, 3.05) is 26.7 Å². The van der Waals surface area contributed by atoms with E-state index in [0.717, 1.165) is 43.3 Å². The monoisotopic (exact) mass is 263 g/mol. The molecule has 0 radical (unpaired) electrons. The molecule has 1 aliphatic heterocycles. The highest BCUT2D eigenvalue weighted by atomic mass is 16.5. The lowest BCUT2D eigenvalue weighted by atomic mass is 10.2. The summed E-state index contributed by atoms with van der Waals surface area (Å²) in [6, 6.07) is 4.63. The molecular formula is C15H25N3O. The molecule has 0 saturated carbocycles. The van der Waals surface area contributed by atoms with Gasteiger partial charge in [0, 0.05) is 37.0 Å². The van der Waals surface area contributed by atoms with E-state index in [1.165, 1.54) is 12.8 Å². The molecule has 106 valence electrons. The van der Waals surface area contributed by atoms with Gasteiger partial charge in [-0.3, -0.25) is 9.88 Å². The van der Waals surface area contributed by atoms with Gasteiger partial charge in [0.15, 0.2) is 0 Å². The Kier molecular flexibility index (Phi) is 5.16. The third-order valence-corrected chi connectivity index (χ3v) is 3.66. The quantitative estimate of drug-likeness (QED) is 0.901. The second-order valence-electron chi connectivity index (χ2n) is 5.29. The summed E-state index contributed by atoms with van der Waals surface area (Å²) in [5.74, 6) is 0.905. The van der Waals surface area contributed by atoms with Crippen LogP contribution in [0.5, 0.6) is 5.75 Å². The van der Waals surface area contributed by atoms with Crippen molar-refractivity contribution in [1.82, 2.24) is 15.2 Å². The minimum absolute atomic E-state index is 0.606. The van der Waals surface area contributed by atoms with Crippen LogP contribution in [-0.4, -0.2) is 42.7 Å². The van der Waals surface area contributed by atoms with Crippen LogP contribution in [0.4, 0.5) is 0 Å². The molecule has 4 heteroatoms. The van der Waals surface area contributed by atoms with Crippen molar-refractivity contribution in [3.63, 3.8) is 0 Å². The number of aromatic nitrogens is 1. The number of nitrogens with one attached hydrogen (secondary N) is 1. The maximum atomic E-state index is 5.32. The first-order chi connectivity index (χ1) is 9.21. The average molecular weight is 263 g/mol. The van der Waals surface area contributed by atoms with Crippen LogP contribution in [0, 0.1) is 6.92 Å². The zero-order valence-corrected chi connectivity index (χ0v) is 12.3. The number of hydrogen-bond donors (Lipinski definition) is 1. The van der Waals surface area contributed by atoms with Gasteiger partial charge in [-0.2, -0.15) is 0 Å². The summed E-state index contributed by atoms with van der Waals surface area (Å²) in [7, 11) is 1.71. The molecule has 2 rings (SSSR count). The first-order valence-corrected chi connectivity index (χ1v) is 7.18. The SMILES string of the molecule is CCC1CN(Cc2cc(OC)cc(C)n2)CCCN1. The van der Waals surface area contributed by atoms with E-state index >= 15 is 0 Å². The van der Waals surface area contributed by atoms with Crippen LogP contribution < -0.4 is 10.1 Å². The molecular weight excluding hydrogens is 238 g/mol. The van der Waals surface area contributed by atoms with E-state index in [9.17, 15) is 0 Å². The topological polar surface area (TPSA) is 37.4 Å². The third kappa shape index (κ3) is 4.18. The number of methoxy groups -OCH3 is 1. The van der Waals surface area contributed by atoms with Crippen LogP contribution >= 0.6 is 0 Å². The van der Waals surface area contributed by atoms with Crippen molar-refractivity contribution < 1.29 is 4.74 Å². The molecule has 0 aliphatic carbocycles. The number of nitrogens with zero attached hydrogens (tertiary/aromatic N) is 2. The Morgan fingerprint density at radius 3 is 3.05 bits per heavy atom. The highest BCUT2D eigenvalue weighted by molar-refractivity contribution is 5.26. The van der Waals surface area contributed by atoms with Gasteiger partial charge < -0.3 is 10.1 Å². The molecule has 19 heavy (non-hydrogen) atoms. The Labute approximate surface area is 116 Å². The second-order valence-corrected chi connectivity index (χ2v) is 5.29. The van der Waals surface area contributed by atoms with Gasteiger partial charge in [0.2, 0.25) is 0 Å². The molecule has 0 amide bonds. The number of aryl methyl sites for hydroxylation is 1. The van der Waals surface area contributed by atoms with Crippen LogP contribution in [0.3, 0.4) is 0 Å². The molecule has 1 aromatic rings. The van der Waals surface area contributed by atoms with E-state index in [4.69, 9.17) is 4.74 Å². The largest absolute Gasteiger partial charge is 0.497 e. The molecule has 0 spiro atoms. The minimum Gasteiger partial charge on any atom is -0.497 e. The van der Waals surface area contributed by atoms with Gasteiger partial charge in [-0.05, 0) is 32.9 Å². The highest BCUT2D eigenvalue weighted by Gasteiger charge is 2.16. The fraction of sp³-hybridized carbons (Fsp3) is 0.667. The van der Waals surface area contributed by atoms with Gasteiger partial charge in [0.1, 0.15) is 5.75 Å². The van der Waals surface area contributed by atoms with Crippen molar-refractivity contribution in [3.05, 3.63) is 23.5 Å². The Balaban J connectivity index is 2.04. The van der Waals surface area contributed by atoms with E-state index in [-0.39, 0.29) is 0 Å². The van der Waals surface area contributed by atoms with E-state index in [0.29, 0.717) is 6.04 Å². The van der Waals surface area contributed by atoms with Gasteiger partial charge >= 0.3 is 0 Å². The number of ether oxygens (including phenoxy) is 1. The van der Waals surface area contributed by atoms with Gasteiger partial charge in [0.25, 0.3) is 0 Å². The van der Waals surface area contributed by atoms with Crippen molar-refractivity contribution in [1.29, 1.82) is 0 Å².